The van der Waals surface area contributed by atoms with Crippen LogP contribution in [-0.2, 0) is 4.79 Å². The smallest absolute Gasteiger partial charge is 0.325 e. The number of hydrogen-bond donors (Lipinski definition) is 2. The SMILES string of the molecule is COc1c(C)c(Cl)cc(C(N)C(=O)O)c1C. The number of aliphatic carboxylic acids is 1. The predicted molar refractivity (Wildman–Crippen MR) is 62.0 cm³/mol. The number of benzene rings is 1. The average Bonchev–Trinajstić information content (AvgIpc) is 2.23. The first-order valence-electron chi connectivity index (χ1n) is 4.72. The largest absolute Gasteiger partial charge is 0.496 e. The van der Waals surface area contributed by atoms with Gasteiger partial charge in [-0.25, -0.2) is 0 Å². The van der Waals surface area contributed by atoms with Gasteiger partial charge in [-0.05, 0) is 31.0 Å². The van der Waals surface area contributed by atoms with E-state index >= 15 is 0 Å². The molecule has 0 saturated carbocycles. The van der Waals surface area contributed by atoms with Crippen LogP contribution in [0.1, 0.15) is 22.7 Å². The van der Waals surface area contributed by atoms with Gasteiger partial charge in [-0.15, -0.1) is 0 Å². The summed E-state index contributed by atoms with van der Waals surface area (Å²) in [7, 11) is 1.52. The molecule has 0 aliphatic carbocycles. The minimum Gasteiger partial charge on any atom is -0.496 e. The van der Waals surface area contributed by atoms with Gasteiger partial charge in [0, 0.05) is 10.6 Å². The average molecular weight is 244 g/mol. The first kappa shape index (κ1) is 12.8. The molecule has 16 heavy (non-hydrogen) atoms. The number of carboxylic acid groups (broad SMARTS) is 1. The highest BCUT2D eigenvalue weighted by molar-refractivity contribution is 6.31. The number of hydrogen-bond acceptors (Lipinski definition) is 3. The molecule has 5 heteroatoms. The lowest BCUT2D eigenvalue weighted by Crippen LogP contribution is -2.22. The molecule has 1 unspecified atom stereocenters. The number of ether oxygens (including phenoxy) is 1. The van der Waals surface area contributed by atoms with E-state index in [0.717, 1.165) is 5.56 Å². The van der Waals surface area contributed by atoms with Gasteiger partial charge in [0.15, 0.2) is 0 Å². The Bertz CT molecular complexity index is 432. The summed E-state index contributed by atoms with van der Waals surface area (Å²) in [5, 5.41) is 9.33. The Balaban J connectivity index is 3.42. The van der Waals surface area contributed by atoms with Crippen LogP contribution in [0.15, 0.2) is 6.07 Å². The molecule has 3 N–H and O–H groups in total. The van der Waals surface area contributed by atoms with Crippen LogP contribution in [0.3, 0.4) is 0 Å². The minimum atomic E-state index is -1.09. The van der Waals surface area contributed by atoms with Crippen LogP contribution >= 0.6 is 11.6 Å². The number of carboxylic acids is 1. The summed E-state index contributed by atoms with van der Waals surface area (Å²) in [6, 6.07) is 0.486. The zero-order valence-corrected chi connectivity index (χ0v) is 10.1. The molecule has 0 amide bonds. The molecule has 0 fully saturated rings. The fraction of sp³-hybridized carbons (Fsp3) is 0.364. The van der Waals surface area contributed by atoms with E-state index in [-0.39, 0.29) is 0 Å². The number of rotatable bonds is 3. The van der Waals surface area contributed by atoms with Crippen LogP contribution in [0.25, 0.3) is 0 Å². The molecule has 0 aliphatic heterocycles. The summed E-state index contributed by atoms with van der Waals surface area (Å²) in [6.45, 7) is 3.57. The standard InChI is InChI=1S/C11H14ClNO3/c1-5-7(9(13)11(14)15)4-8(12)6(2)10(5)16-3/h4,9H,13H2,1-3H3,(H,14,15). The summed E-state index contributed by atoms with van der Waals surface area (Å²) < 4.78 is 5.19. The first-order chi connectivity index (χ1) is 7.40. The number of methoxy groups -OCH3 is 1. The van der Waals surface area contributed by atoms with Gasteiger partial charge < -0.3 is 15.6 Å². The van der Waals surface area contributed by atoms with Crippen molar-refractivity contribution in [1.82, 2.24) is 0 Å². The van der Waals surface area contributed by atoms with Crippen LogP contribution in [0.5, 0.6) is 5.75 Å². The second-order valence-corrected chi connectivity index (χ2v) is 3.95. The summed E-state index contributed by atoms with van der Waals surface area (Å²) in [5.74, 6) is -0.510. The molecule has 0 spiro atoms. The Hall–Kier alpha value is -1.26. The van der Waals surface area contributed by atoms with E-state index in [0.29, 0.717) is 21.9 Å². The molecule has 0 aromatic heterocycles. The lowest BCUT2D eigenvalue weighted by atomic mass is 9.98. The second kappa shape index (κ2) is 4.72. The third kappa shape index (κ3) is 2.13. The Labute approximate surface area is 99.0 Å². The van der Waals surface area contributed by atoms with Crippen LogP contribution in [0.4, 0.5) is 0 Å². The zero-order chi connectivity index (χ0) is 12.5. The minimum absolute atomic E-state index is 0.453. The highest BCUT2D eigenvalue weighted by Crippen LogP contribution is 2.34. The van der Waals surface area contributed by atoms with Crippen molar-refractivity contribution >= 4 is 17.6 Å². The van der Waals surface area contributed by atoms with Gasteiger partial charge in [0.2, 0.25) is 0 Å². The second-order valence-electron chi connectivity index (χ2n) is 3.55. The van der Waals surface area contributed by atoms with Crippen LogP contribution in [-0.4, -0.2) is 18.2 Å². The fourth-order valence-corrected chi connectivity index (χ4v) is 1.84. The van der Waals surface area contributed by atoms with Crippen molar-refractivity contribution in [3.63, 3.8) is 0 Å². The molecular weight excluding hydrogens is 230 g/mol. The highest BCUT2D eigenvalue weighted by atomic mass is 35.5. The van der Waals surface area contributed by atoms with Crippen LogP contribution in [0, 0.1) is 13.8 Å². The van der Waals surface area contributed by atoms with Crippen molar-refractivity contribution in [1.29, 1.82) is 0 Å². The molecule has 1 atom stereocenters. The molecule has 1 rings (SSSR count). The van der Waals surface area contributed by atoms with E-state index in [9.17, 15) is 4.79 Å². The van der Waals surface area contributed by atoms with Crippen molar-refractivity contribution in [3.05, 3.63) is 27.8 Å². The van der Waals surface area contributed by atoms with E-state index in [1.165, 1.54) is 7.11 Å². The van der Waals surface area contributed by atoms with Crippen molar-refractivity contribution < 1.29 is 14.6 Å². The Morgan fingerprint density at radius 1 is 1.50 bits per heavy atom. The van der Waals surface area contributed by atoms with Crippen molar-refractivity contribution in [2.45, 2.75) is 19.9 Å². The molecule has 0 aliphatic rings. The molecule has 0 radical (unpaired) electrons. The number of halogens is 1. The van der Waals surface area contributed by atoms with Crippen molar-refractivity contribution in [3.8, 4) is 5.75 Å². The molecular formula is C11H14ClNO3. The fourth-order valence-electron chi connectivity index (χ4n) is 1.64. The van der Waals surface area contributed by atoms with Gasteiger partial charge >= 0.3 is 5.97 Å². The Morgan fingerprint density at radius 3 is 2.50 bits per heavy atom. The van der Waals surface area contributed by atoms with Crippen LogP contribution < -0.4 is 10.5 Å². The molecule has 88 valence electrons. The van der Waals surface area contributed by atoms with Gasteiger partial charge in [-0.1, -0.05) is 11.6 Å². The Morgan fingerprint density at radius 2 is 2.06 bits per heavy atom. The number of carbonyl (C=O) groups is 1. The summed E-state index contributed by atoms with van der Waals surface area (Å²) >= 11 is 5.99. The molecule has 1 aromatic carbocycles. The van der Waals surface area contributed by atoms with Gasteiger partial charge in [0.05, 0.1) is 7.11 Å². The highest BCUT2D eigenvalue weighted by Gasteiger charge is 2.21. The van der Waals surface area contributed by atoms with Gasteiger partial charge in [-0.2, -0.15) is 0 Å². The van der Waals surface area contributed by atoms with E-state index in [2.05, 4.69) is 0 Å². The van der Waals surface area contributed by atoms with E-state index in [4.69, 9.17) is 27.2 Å². The quantitative estimate of drug-likeness (QED) is 0.852. The normalized spacial score (nSPS) is 12.3. The third-order valence-corrected chi connectivity index (χ3v) is 2.95. The maximum Gasteiger partial charge on any atom is 0.325 e. The molecule has 4 nitrogen and oxygen atoms in total. The van der Waals surface area contributed by atoms with E-state index < -0.39 is 12.0 Å². The topological polar surface area (TPSA) is 72.5 Å². The first-order valence-corrected chi connectivity index (χ1v) is 5.10. The summed E-state index contributed by atoms with van der Waals surface area (Å²) in [5.41, 5.74) is 7.53. The summed E-state index contributed by atoms with van der Waals surface area (Å²) in [4.78, 5) is 10.8. The van der Waals surface area contributed by atoms with E-state index in [1.807, 2.05) is 6.92 Å². The molecule has 0 saturated heterocycles. The molecule has 1 aromatic rings. The maximum atomic E-state index is 10.8. The Kier molecular flexibility index (Phi) is 3.78. The van der Waals surface area contributed by atoms with Gasteiger partial charge in [0.25, 0.3) is 0 Å². The lowest BCUT2D eigenvalue weighted by Gasteiger charge is -2.17. The monoisotopic (exact) mass is 243 g/mol. The lowest BCUT2D eigenvalue weighted by molar-refractivity contribution is -0.138. The van der Waals surface area contributed by atoms with Gasteiger partial charge in [0.1, 0.15) is 11.8 Å². The van der Waals surface area contributed by atoms with Crippen molar-refractivity contribution in [2.75, 3.05) is 7.11 Å². The zero-order valence-electron chi connectivity index (χ0n) is 9.37. The van der Waals surface area contributed by atoms with Gasteiger partial charge in [-0.3, -0.25) is 4.79 Å². The molecule has 0 heterocycles. The number of nitrogens with two attached hydrogens (primary N) is 1. The third-order valence-electron chi connectivity index (χ3n) is 2.56. The van der Waals surface area contributed by atoms with E-state index in [1.54, 1.807) is 13.0 Å². The maximum absolute atomic E-state index is 10.8. The van der Waals surface area contributed by atoms with Crippen molar-refractivity contribution in [2.24, 2.45) is 5.73 Å². The molecule has 0 bridgehead atoms. The predicted octanol–water partition coefficient (Wildman–Crippen LogP) is 2.05. The summed E-state index contributed by atoms with van der Waals surface area (Å²) in [6.07, 6.45) is 0. The van der Waals surface area contributed by atoms with Crippen LogP contribution in [0.2, 0.25) is 5.02 Å².